The summed E-state index contributed by atoms with van der Waals surface area (Å²) >= 11 is 0. The Balaban J connectivity index is 1.41. The van der Waals surface area contributed by atoms with Crippen LogP contribution in [0.2, 0.25) is 0 Å². The van der Waals surface area contributed by atoms with Gasteiger partial charge in [0, 0.05) is 27.7 Å². The lowest BCUT2D eigenvalue weighted by atomic mass is 10.1. The van der Waals surface area contributed by atoms with Crippen molar-refractivity contribution in [1.82, 2.24) is 15.0 Å². The molecule has 0 unspecified atom stereocenters. The molecule has 35 heavy (non-hydrogen) atoms. The largest absolute Gasteiger partial charge is 0.497 e. The van der Waals surface area contributed by atoms with E-state index < -0.39 is 0 Å². The Morgan fingerprint density at radius 3 is 2.23 bits per heavy atom. The van der Waals surface area contributed by atoms with E-state index in [0.29, 0.717) is 0 Å². The molecule has 4 aromatic rings. The van der Waals surface area contributed by atoms with E-state index in [0.717, 1.165) is 51.3 Å². The zero-order chi connectivity index (χ0) is 24.5. The third kappa shape index (κ3) is 6.62. The maximum absolute atomic E-state index is 5.65. The Labute approximate surface area is 208 Å². The number of rotatable bonds is 13. The van der Waals surface area contributed by atoms with E-state index in [1.54, 1.807) is 14.2 Å². The van der Waals surface area contributed by atoms with Crippen LogP contribution in [0, 0.1) is 0 Å². The Bertz CT molecular complexity index is 1330. The molecule has 3 N–H and O–H groups in total. The van der Waals surface area contributed by atoms with Crippen molar-refractivity contribution in [3.8, 4) is 22.9 Å². The van der Waals surface area contributed by atoms with E-state index >= 15 is 0 Å². The first-order chi connectivity index (χ1) is 17.2. The fraction of sp³-hybridized carbons (Fsp3) is 0.400. The molecule has 0 aliphatic heterocycles. The number of ether oxygens (including phenoxy) is 2. The van der Waals surface area contributed by atoms with Gasteiger partial charge in [-0.3, -0.25) is 0 Å². The predicted molar refractivity (Wildman–Crippen MR) is 146 cm³/mol. The molecular weight excluding hydrogens is 434 g/mol. The molecule has 0 amide bonds. The predicted octanol–water partition coefficient (Wildman–Crippen LogP) is 6.65. The van der Waals surface area contributed by atoms with E-state index in [2.05, 4.69) is 52.2 Å². The molecule has 0 aliphatic rings. The number of benzene rings is 1. The highest BCUT2D eigenvalue weighted by Crippen LogP contribution is 2.30. The maximum atomic E-state index is 5.65. The molecule has 1 aromatic carbocycles. The lowest BCUT2D eigenvalue weighted by Gasteiger charge is -1.99. The molecule has 3 heterocycles. The normalized spacial score (nSPS) is 12.7. The number of unbranched alkanes of at least 4 members (excludes halogenated alkanes) is 8. The molecule has 186 valence electrons. The number of methoxy groups -OCH3 is 2. The van der Waals surface area contributed by atoms with Crippen LogP contribution in [0.5, 0.6) is 11.5 Å². The lowest BCUT2D eigenvalue weighted by Crippen LogP contribution is -2.09. The van der Waals surface area contributed by atoms with Crippen LogP contribution in [0.3, 0.4) is 0 Å². The van der Waals surface area contributed by atoms with Crippen molar-refractivity contribution in [3.63, 3.8) is 0 Å². The fourth-order valence-corrected chi connectivity index (χ4v) is 4.58. The number of fused-ring (bicyclic) bond motifs is 1. The topological polar surface area (TPSA) is 65.8 Å². The van der Waals surface area contributed by atoms with Gasteiger partial charge in [-0.05, 0) is 55.3 Å². The Morgan fingerprint density at radius 2 is 1.46 bits per heavy atom. The first kappa shape index (κ1) is 24.8. The molecule has 0 aliphatic carbocycles. The summed E-state index contributed by atoms with van der Waals surface area (Å²) < 4.78 is 11.0. The van der Waals surface area contributed by atoms with Crippen LogP contribution < -0.4 is 20.2 Å². The van der Waals surface area contributed by atoms with Gasteiger partial charge in [0.2, 0.25) is 0 Å². The number of aromatic nitrogens is 3. The summed E-state index contributed by atoms with van der Waals surface area (Å²) in [6.07, 6.45) is 16.4. The zero-order valence-electron chi connectivity index (χ0n) is 21.4. The van der Waals surface area contributed by atoms with Crippen molar-refractivity contribution in [2.24, 2.45) is 0 Å². The third-order valence-electron chi connectivity index (χ3n) is 6.60. The number of aromatic amines is 3. The van der Waals surface area contributed by atoms with Crippen molar-refractivity contribution in [1.29, 1.82) is 0 Å². The lowest BCUT2D eigenvalue weighted by molar-refractivity contribution is 0.414. The molecule has 5 heteroatoms. The highest BCUT2D eigenvalue weighted by atomic mass is 16.5. The standard InChI is InChI=1S/C30H39N3O2/c1-4-5-6-7-8-9-10-11-12-13-23-14-15-24(31-23)20-29-30(35-3)21-28(33-29)27-19-22-18-25(34-2)16-17-26(22)32-27/h13-21,31-33H,4-12H2,1-3H3. The second-order valence-corrected chi connectivity index (χ2v) is 9.28. The molecule has 0 saturated carbocycles. The summed E-state index contributed by atoms with van der Waals surface area (Å²) in [5.41, 5.74) is 4.00. The van der Waals surface area contributed by atoms with Crippen LogP contribution in [0.15, 0.2) is 42.5 Å². The molecule has 0 bridgehead atoms. The summed E-state index contributed by atoms with van der Waals surface area (Å²) in [6, 6.07) is 14.5. The zero-order valence-corrected chi connectivity index (χ0v) is 21.4. The summed E-state index contributed by atoms with van der Waals surface area (Å²) in [5.74, 6) is 1.67. The van der Waals surface area contributed by atoms with Gasteiger partial charge in [0.15, 0.2) is 0 Å². The molecular formula is C30H39N3O2. The minimum atomic E-state index is 0.815. The molecule has 4 rings (SSSR count). The Morgan fingerprint density at radius 1 is 0.714 bits per heavy atom. The molecule has 5 nitrogen and oxygen atoms in total. The van der Waals surface area contributed by atoms with Crippen molar-refractivity contribution in [2.45, 2.75) is 64.7 Å². The number of H-pyrrole nitrogens is 3. The maximum Gasteiger partial charge on any atom is 0.144 e. The highest BCUT2D eigenvalue weighted by Gasteiger charge is 2.11. The molecule has 3 aromatic heterocycles. The van der Waals surface area contributed by atoms with Crippen LogP contribution in [-0.4, -0.2) is 29.2 Å². The van der Waals surface area contributed by atoms with E-state index in [-0.39, 0.29) is 0 Å². The summed E-state index contributed by atoms with van der Waals surface area (Å²) in [4.78, 5) is 10.5. The van der Waals surface area contributed by atoms with Gasteiger partial charge in [-0.15, -0.1) is 0 Å². The van der Waals surface area contributed by atoms with Crippen LogP contribution in [-0.2, 0) is 0 Å². The van der Waals surface area contributed by atoms with E-state index in [4.69, 9.17) is 9.47 Å². The van der Waals surface area contributed by atoms with Gasteiger partial charge in [-0.1, -0.05) is 57.9 Å². The summed E-state index contributed by atoms with van der Waals surface area (Å²) in [7, 11) is 3.39. The second-order valence-electron chi connectivity index (χ2n) is 9.28. The van der Waals surface area contributed by atoms with E-state index in [1.807, 2.05) is 24.3 Å². The van der Waals surface area contributed by atoms with Crippen molar-refractivity contribution in [3.05, 3.63) is 58.9 Å². The van der Waals surface area contributed by atoms with Gasteiger partial charge in [-0.25, -0.2) is 0 Å². The Hall–Kier alpha value is -3.34. The fourth-order valence-electron chi connectivity index (χ4n) is 4.58. The van der Waals surface area contributed by atoms with E-state index in [1.165, 1.54) is 56.7 Å². The van der Waals surface area contributed by atoms with Crippen molar-refractivity contribution >= 4 is 23.1 Å². The average molecular weight is 474 g/mol. The van der Waals surface area contributed by atoms with Crippen LogP contribution in [0.1, 0.15) is 70.4 Å². The molecule has 0 spiro atoms. The van der Waals surface area contributed by atoms with Crippen molar-refractivity contribution < 1.29 is 9.47 Å². The Kier molecular flexibility index (Phi) is 8.77. The molecule has 0 radical (unpaired) electrons. The number of hydrogen-bond donors (Lipinski definition) is 3. The minimum absolute atomic E-state index is 0.815. The van der Waals surface area contributed by atoms with Crippen LogP contribution in [0.4, 0.5) is 0 Å². The van der Waals surface area contributed by atoms with Crippen molar-refractivity contribution in [2.75, 3.05) is 14.2 Å². The van der Waals surface area contributed by atoms with Gasteiger partial charge in [0.25, 0.3) is 0 Å². The van der Waals surface area contributed by atoms with Crippen LogP contribution in [0.25, 0.3) is 34.4 Å². The van der Waals surface area contributed by atoms with Gasteiger partial charge < -0.3 is 24.4 Å². The quantitative estimate of drug-likeness (QED) is 0.190. The SMILES string of the molecule is CCCCCCCCCCC=c1ccc(=Cc2[nH]c(-c3cc4cc(OC)ccc4[nH]3)cc2OC)[nH]1. The monoisotopic (exact) mass is 473 g/mol. The van der Waals surface area contributed by atoms with Gasteiger partial charge in [0.05, 0.1) is 31.3 Å². The number of nitrogens with one attached hydrogen (secondary N) is 3. The third-order valence-corrected chi connectivity index (χ3v) is 6.60. The molecule has 0 saturated heterocycles. The molecule has 0 fully saturated rings. The minimum Gasteiger partial charge on any atom is -0.497 e. The van der Waals surface area contributed by atoms with Gasteiger partial charge in [0.1, 0.15) is 11.5 Å². The van der Waals surface area contributed by atoms with Gasteiger partial charge in [-0.2, -0.15) is 0 Å². The number of hydrogen-bond acceptors (Lipinski definition) is 2. The first-order valence-corrected chi connectivity index (χ1v) is 13.0. The highest BCUT2D eigenvalue weighted by molar-refractivity contribution is 5.87. The summed E-state index contributed by atoms with van der Waals surface area (Å²) in [5, 5.41) is 3.34. The van der Waals surface area contributed by atoms with E-state index in [9.17, 15) is 0 Å². The van der Waals surface area contributed by atoms with Gasteiger partial charge >= 0.3 is 0 Å². The average Bonchev–Trinajstić information content (AvgIpc) is 3.60. The first-order valence-electron chi connectivity index (χ1n) is 13.0. The molecule has 0 atom stereocenters. The second kappa shape index (κ2) is 12.4. The smallest absolute Gasteiger partial charge is 0.144 e. The van der Waals surface area contributed by atoms with Crippen LogP contribution >= 0.6 is 0 Å². The summed E-state index contributed by atoms with van der Waals surface area (Å²) in [6.45, 7) is 2.27.